The Morgan fingerprint density at radius 2 is 0.889 bits per heavy atom. The molecular weight excluding hydrogens is 916 g/mol. The quantitative estimate of drug-likeness (QED) is 0.0205. The van der Waals surface area contributed by atoms with Crippen molar-refractivity contribution in [1.29, 1.82) is 0 Å². The predicted octanol–water partition coefficient (Wildman–Crippen LogP) is 18.1. The van der Waals surface area contributed by atoms with Crippen molar-refractivity contribution in [3.05, 3.63) is 72.9 Å². The van der Waals surface area contributed by atoms with Gasteiger partial charge in [-0.1, -0.05) is 222 Å². The van der Waals surface area contributed by atoms with Crippen LogP contribution in [0, 0.1) is 0 Å². The highest BCUT2D eigenvalue weighted by atomic mass is 31.2. The van der Waals surface area contributed by atoms with Gasteiger partial charge in [0.25, 0.3) is 0 Å². The minimum Gasteiger partial charge on any atom is -0.456 e. The van der Waals surface area contributed by atoms with Crippen molar-refractivity contribution in [2.45, 2.75) is 270 Å². The molecule has 0 aliphatic rings. The molecule has 3 unspecified atom stereocenters. The summed E-state index contributed by atoms with van der Waals surface area (Å²) in [4.78, 5) is 37.6. The summed E-state index contributed by atoms with van der Waals surface area (Å²) in [5.41, 5.74) is 0. The molecule has 0 aliphatic carbocycles. The molecule has 2 N–H and O–H groups in total. The Hall–Kier alpha value is -2.55. The van der Waals surface area contributed by atoms with Gasteiger partial charge in [-0.2, -0.15) is 0 Å². The molecule has 0 radical (unpaired) electrons. The summed E-state index contributed by atoms with van der Waals surface area (Å²) in [5, 5.41) is 3.03. The average Bonchev–Trinajstić information content (AvgIpc) is 3.34. The first-order valence-electron chi connectivity index (χ1n) is 29.8. The lowest BCUT2D eigenvalue weighted by Gasteiger charge is -2.27. The zero-order valence-corrected chi connectivity index (χ0v) is 48.6. The van der Waals surface area contributed by atoms with Gasteiger partial charge in [-0.05, 0) is 96.0 Å². The highest BCUT2D eigenvalue weighted by molar-refractivity contribution is 7.47. The normalized spacial score (nSPS) is 14.3. The molecule has 0 saturated heterocycles. The topological polar surface area (TPSA) is 111 Å². The van der Waals surface area contributed by atoms with E-state index in [0.29, 0.717) is 17.4 Å². The molecule has 0 bridgehead atoms. The second kappa shape index (κ2) is 51.9. The Bertz CT molecular complexity index is 1460. The second-order valence-electron chi connectivity index (χ2n) is 21.1. The molecule has 9 nitrogen and oxygen atoms in total. The molecule has 0 rings (SSSR count). The van der Waals surface area contributed by atoms with Gasteiger partial charge in [0, 0.05) is 12.8 Å². The summed E-state index contributed by atoms with van der Waals surface area (Å²) in [6.45, 7) is 6.85. The first-order chi connectivity index (χ1) is 34.9. The smallest absolute Gasteiger partial charge is 0.456 e. The molecule has 3 atom stereocenters. The Kier molecular flexibility index (Phi) is 50.1. The van der Waals surface area contributed by atoms with Gasteiger partial charge >= 0.3 is 13.8 Å². The van der Waals surface area contributed by atoms with Gasteiger partial charge in [0.2, 0.25) is 5.91 Å². The van der Waals surface area contributed by atoms with Crippen LogP contribution in [0.2, 0.25) is 0 Å². The Morgan fingerprint density at radius 3 is 1.36 bits per heavy atom. The fourth-order valence-electron chi connectivity index (χ4n) is 8.28. The lowest BCUT2D eigenvalue weighted by molar-refractivity contribution is -0.870. The number of rotatable bonds is 53. The van der Waals surface area contributed by atoms with Crippen LogP contribution in [0.4, 0.5) is 0 Å². The van der Waals surface area contributed by atoms with Crippen LogP contribution in [0.15, 0.2) is 72.9 Å². The molecule has 0 spiro atoms. The van der Waals surface area contributed by atoms with E-state index in [0.717, 1.165) is 96.3 Å². The number of ether oxygens (including phenoxy) is 1. The first kappa shape index (κ1) is 69.5. The van der Waals surface area contributed by atoms with Gasteiger partial charge in [-0.15, -0.1) is 0 Å². The number of hydrogen-bond acceptors (Lipinski definition) is 6. The van der Waals surface area contributed by atoms with Crippen LogP contribution >= 0.6 is 7.82 Å². The molecule has 0 aromatic carbocycles. The number of esters is 1. The molecule has 0 aliphatic heterocycles. The molecule has 1 amide bonds. The lowest BCUT2D eigenvalue weighted by atomic mass is 10.0. The van der Waals surface area contributed by atoms with Crippen LogP contribution in [-0.4, -0.2) is 74.3 Å². The second-order valence-corrected chi connectivity index (χ2v) is 22.6. The van der Waals surface area contributed by atoms with E-state index in [9.17, 15) is 19.0 Å². The molecular formula is C62H114N2O7P+. The maximum atomic E-state index is 13.5. The maximum absolute atomic E-state index is 13.5. The van der Waals surface area contributed by atoms with E-state index in [4.69, 9.17) is 13.8 Å². The Labute approximate surface area is 444 Å². The van der Waals surface area contributed by atoms with E-state index in [-0.39, 0.29) is 31.5 Å². The fourth-order valence-corrected chi connectivity index (χ4v) is 9.01. The summed E-state index contributed by atoms with van der Waals surface area (Å²) >= 11 is 0. The van der Waals surface area contributed by atoms with Gasteiger partial charge < -0.3 is 19.4 Å². The number of likely N-dealkylation sites (N-methyl/N-ethyl adjacent to an activating group) is 1. The molecule has 72 heavy (non-hydrogen) atoms. The number of nitrogens with one attached hydrogen (secondary N) is 1. The highest BCUT2D eigenvalue weighted by Gasteiger charge is 2.30. The molecule has 10 heteroatoms. The van der Waals surface area contributed by atoms with Gasteiger partial charge in [0.1, 0.15) is 19.3 Å². The third-order valence-electron chi connectivity index (χ3n) is 12.9. The number of nitrogens with zero attached hydrogens (tertiary/aromatic N) is 1. The minimum atomic E-state index is -4.45. The number of hydrogen-bond donors (Lipinski definition) is 2. The van der Waals surface area contributed by atoms with E-state index < -0.39 is 20.0 Å². The lowest BCUT2D eigenvalue weighted by Crippen LogP contribution is -2.47. The van der Waals surface area contributed by atoms with Gasteiger partial charge in [0.15, 0.2) is 0 Å². The van der Waals surface area contributed by atoms with Crippen LogP contribution in [0.1, 0.15) is 258 Å². The van der Waals surface area contributed by atoms with E-state index >= 15 is 0 Å². The SMILES string of the molecule is CC/C=C/C/C=C/C/C=C/CCCCCCC(=O)NC(COP(=O)(O)OCC[N+](C)(C)C)C(/C=C\CCCCCCCCCCC)OC(=O)CCCCCCCCCCCCC/C=C\C/C=C\CCCCC. The fraction of sp³-hybridized carbons (Fsp3) is 0.774. The van der Waals surface area contributed by atoms with Crippen molar-refractivity contribution in [2.24, 2.45) is 0 Å². The predicted molar refractivity (Wildman–Crippen MR) is 309 cm³/mol. The van der Waals surface area contributed by atoms with Gasteiger partial charge in [-0.3, -0.25) is 18.6 Å². The van der Waals surface area contributed by atoms with Crippen molar-refractivity contribution in [1.82, 2.24) is 5.32 Å². The van der Waals surface area contributed by atoms with Crippen LogP contribution in [-0.2, 0) is 27.9 Å². The summed E-state index contributed by atoms with van der Waals surface area (Å²) in [6, 6.07) is -0.862. The molecule has 0 heterocycles. The van der Waals surface area contributed by atoms with Crippen molar-refractivity contribution in [3.8, 4) is 0 Å². The number of phosphoric ester groups is 1. The first-order valence-corrected chi connectivity index (χ1v) is 31.3. The van der Waals surface area contributed by atoms with Crippen molar-refractivity contribution < 1.29 is 37.3 Å². The number of amides is 1. The summed E-state index contributed by atoms with van der Waals surface area (Å²) in [5.74, 6) is -0.534. The molecule has 0 fully saturated rings. The van der Waals surface area contributed by atoms with Gasteiger partial charge in [-0.25, -0.2) is 4.57 Å². The maximum Gasteiger partial charge on any atom is 0.472 e. The average molecular weight is 1030 g/mol. The van der Waals surface area contributed by atoms with E-state index in [1.165, 1.54) is 128 Å². The van der Waals surface area contributed by atoms with Crippen LogP contribution in [0.5, 0.6) is 0 Å². The number of unbranched alkanes of at least 4 members (excludes halogenated alkanes) is 27. The summed E-state index contributed by atoms with van der Waals surface area (Å²) in [7, 11) is 1.47. The monoisotopic (exact) mass is 1030 g/mol. The van der Waals surface area contributed by atoms with E-state index in [1.54, 1.807) is 0 Å². The summed E-state index contributed by atoms with van der Waals surface area (Å²) in [6.07, 6.45) is 66.1. The standard InChI is InChI=1S/C62H113N2O7P/c1-7-10-13-16-19-22-25-27-29-30-31-32-33-34-35-37-40-43-46-49-52-55-62(66)71-60(53-50-47-44-41-38-24-21-18-15-12-9-3)59(58-70-72(67,68)69-57-56-64(4,5)6)63-61(65)54-51-48-45-42-39-36-28-26-23-20-17-14-11-8-2/h11,14,19-20,22-23,27-29,36,50,53,59-60H,7-10,12-13,15-18,21,24-26,30-35,37-49,51-52,54-58H2,1-6H3,(H-,63,65,67,68)/p+1/b14-11+,22-19-,23-20+,29-27-,36-28+,53-50-. The minimum absolute atomic E-state index is 0.0331. The Morgan fingerprint density at radius 1 is 0.500 bits per heavy atom. The van der Waals surface area contributed by atoms with Crippen LogP contribution in [0.25, 0.3) is 0 Å². The molecule has 418 valence electrons. The number of allylic oxidation sites excluding steroid dienone is 11. The summed E-state index contributed by atoms with van der Waals surface area (Å²) < 4.78 is 30.6. The molecule has 0 aromatic heterocycles. The Balaban J connectivity index is 5.24. The zero-order chi connectivity index (χ0) is 52.9. The molecule has 0 saturated carbocycles. The van der Waals surface area contributed by atoms with Crippen molar-refractivity contribution in [3.63, 3.8) is 0 Å². The number of phosphoric acid groups is 1. The number of carbonyl (C=O) groups is 2. The van der Waals surface area contributed by atoms with Crippen LogP contribution in [0.3, 0.4) is 0 Å². The third kappa shape index (κ3) is 52.3. The molecule has 0 aromatic rings. The van der Waals surface area contributed by atoms with Gasteiger partial charge in [0.05, 0.1) is 33.8 Å². The van der Waals surface area contributed by atoms with Crippen LogP contribution < -0.4 is 5.32 Å². The number of quaternary nitrogens is 1. The van der Waals surface area contributed by atoms with E-state index in [1.807, 2.05) is 33.3 Å². The van der Waals surface area contributed by atoms with Crippen molar-refractivity contribution >= 4 is 19.7 Å². The van der Waals surface area contributed by atoms with E-state index in [2.05, 4.69) is 86.8 Å². The highest BCUT2D eigenvalue weighted by Crippen LogP contribution is 2.43. The zero-order valence-electron chi connectivity index (χ0n) is 47.7. The third-order valence-corrected chi connectivity index (χ3v) is 13.9. The number of carbonyl (C=O) groups excluding carboxylic acids is 2. The largest absolute Gasteiger partial charge is 0.472 e. The van der Waals surface area contributed by atoms with Crippen molar-refractivity contribution in [2.75, 3.05) is 40.9 Å².